The molecule has 1 unspecified atom stereocenters. The van der Waals surface area contributed by atoms with Crippen LogP contribution in [0.5, 0.6) is 5.75 Å². The molecule has 0 heterocycles. The van der Waals surface area contributed by atoms with Crippen molar-refractivity contribution in [2.24, 2.45) is 0 Å². The zero-order valence-electron chi connectivity index (χ0n) is 13.0. The number of rotatable bonds is 7. The van der Waals surface area contributed by atoms with Crippen LogP contribution in [0.4, 0.5) is 0 Å². The molecule has 0 amide bonds. The lowest BCUT2D eigenvalue weighted by atomic mass is 9.91. The van der Waals surface area contributed by atoms with E-state index < -0.39 is 0 Å². The smallest absolute Gasteiger partial charge is 0.122 e. The Morgan fingerprint density at radius 3 is 2.53 bits per heavy atom. The maximum absolute atomic E-state index is 5.86. The number of hydrogen-bond donors (Lipinski definition) is 1. The third-order valence-corrected chi connectivity index (χ3v) is 3.56. The van der Waals surface area contributed by atoms with E-state index in [1.165, 1.54) is 11.1 Å². The Labute approximate surface area is 117 Å². The monoisotopic (exact) mass is 265 g/mol. The second-order valence-electron chi connectivity index (χ2n) is 5.40. The van der Waals surface area contributed by atoms with Crippen LogP contribution in [0.2, 0.25) is 0 Å². The fraction of sp³-hybridized carbons (Fsp3) is 0.625. The lowest BCUT2D eigenvalue weighted by Crippen LogP contribution is -2.48. The van der Waals surface area contributed by atoms with Gasteiger partial charge in [-0.1, -0.05) is 17.7 Å². The molecule has 0 aliphatic heterocycles. The summed E-state index contributed by atoms with van der Waals surface area (Å²) in [6.45, 7) is 9.10. The summed E-state index contributed by atoms with van der Waals surface area (Å²) in [7, 11) is 3.70. The van der Waals surface area contributed by atoms with Crippen molar-refractivity contribution in [3.05, 3.63) is 29.3 Å². The molecule has 0 spiro atoms. The molecule has 0 bridgehead atoms. The lowest BCUT2D eigenvalue weighted by molar-refractivity contribution is -0.0364. The van der Waals surface area contributed by atoms with Crippen LogP contribution in [0.3, 0.4) is 0 Å². The van der Waals surface area contributed by atoms with Crippen LogP contribution in [0.1, 0.15) is 31.9 Å². The maximum atomic E-state index is 5.86. The minimum absolute atomic E-state index is 0.210. The average Bonchev–Trinajstić information content (AvgIpc) is 2.35. The number of benzene rings is 1. The zero-order valence-corrected chi connectivity index (χ0v) is 13.0. The van der Waals surface area contributed by atoms with Crippen molar-refractivity contribution in [3.63, 3.8) is 0 Å². The fourth-order valence-electron chi connectivity index (χ4n) is 2.45. The van der Waals surface area contributed by atoms with Gasteiger partial charge in [0.15, 0.2) is 0 Å². The van der Waals surface area contributed by atoms with Gasteiger partial charge in [0.2, 0.25) is 0 Å². The first-order valence-corrected chi connectivity index (χ1v) is 6.89. The van der Waals surface area contributed by atoms with E-state index in [9.17, 15) is 0 Å². The van der Waals surface area contributed by atoms with E-state index in [0.29, 0.717) is 0 Å². The van der Waals surface area contributed by atoms with E-state index in [1.54, 1.807) is 7.11 Å². The zero-order chi connectivity index (χ0) is 14.5. The van der Waals surface area contributed by atoms with E-state index in [2.05, 4.69) is 38.2 Å². The largest absolute Gasteiger partial charge is 0.496 e. The summed E-state index contributed by atoms with van der Waals surface area (Å²) in [5.41, 5.74) is 2.26. The van der Waals surface area contributed by atoms with Gasteiger partial charge in [-0.2, -0.15) is 0 Å². The number of hydrogen-bond acceptors (Lipinski definition) is 3. The molecule has 0 aliphatic rings. The molecule has 19 heavy (non-hydrogen) atoms. The summed E-state index contributed by atoms with van der Waals surface area (Å²) in [6.07, 6.45) is 0.883. The van der Waals surface area contributed by atoms with Gasteiger partial charge in [-0.3, -0.25) is 0 Å². The van der Waals surface area contributed by atoms with Crippen molar-refractivity contribution >= 4 is 0 Å². The first-order valence-electron chi connectivity index (χ1n) is 6.89. The van der Waals surface area contributed by atoms with Gasteiger partial charge in [-0.25, -0.2) is 0 Å². The fourth-order valence-corrected chi connectivity index (χ4v) is 2.45. The Hall–Kier alpha value is -1.06. The molecular formula is C16H27NO2. The molecule has 3 heteroatoms. The highest BCUT2D eigenvalue weighted by Crippen LogP contribution is 2.25. The van der Waals surface area contributed by atoms with Crippen LogP contribution in [-0.2, 0) is 11.2 Å². The number of likely N-dealkylation sites (N-methyl/N-ethyl adjacent to an activating group) is 1. The summed E-state index contributed by atoms with van der Waals surface area (Å²) >= 11 is 0. The van der Waals surface area contributed by atoms with Crippen LogP contribution < -0.4 is 10.1 Å². The SMILES string of the molecule is CCOC(C)(C)C(Cc1cc(C)ccc1OC)NC. The summed E-state index contributed by atoms with van der Waals surface area (Å²) < 4.78 is 11.3. The first kappa shape index (κ1) is 16.0. The lowest BCUT2D eigenvalue weighted by Gasteiger charge is -2.34. The van der Waals surface area contributed by atoms with Gasteiger partial charge in [0.1, 0.15) is 5.75 Å². The highest BCUT2D eigenvalue weighted by atomic mass is 16.5. The van der Waals surface area contributed by atoms with Crippen molar-refractivity contribution in [2.75, 3.05) is 20.8 Å². The number of aryl methyl sites for hydroxylation is 1. The number of nitrogens with one attached hydrogen (secondary N) is 1. The van der Waals surface area contributed by atoms with E-state index in [0.717, 1.165) is 18.8 Å². The molecule has 0 saturated heterocycles. The van der Waals surface area contributed by atoms with Gasteiger partial charge in [0.25, 0.3) is 0 Å². The highest BCUT2D eigenvalue weighted by molar-refractivity contribution is 5.37. The molecule has 108 valence electrons. The van der Waals surface area contributed by atoms with Crippen molar-refractivity contribution in [3.8, 4) is 5.75 Å². The van der Waals surface area contributed by atoms with Gasteiger partial charge in [-0.15, -0.1) is 0 Å². The van der Waals surface area contributed by atoms with Gasteiger partial charge in [0, 0.05) is 12.6 Å². The second-order valence-corrected chi connectivity index (χ2v) is 5.40. The molecule has 1 N–H and O–H groups in total. The van der Waals surface area contributed by atoms with Crippen LogP contribution in [-0.4, -0.2) is 32.4 Å². The van der Waals surface area contributed by atoms with Crippen LogP contribution in [0, 0.1) is 6.92 Å². The molecule has 0 radical (unpaired) electrons. The Kier molecular flexibility index (Phi) is 5.83. The Morgan fingerprint density at radius 1 is 1.32 bits per heavy atom. The third-order valence-electron chi connectivity index (χ3n) is 3.56. The third kappa shape index (κ3) is 4.22. The molecule has 1 atom stereocenters. The first-order chi connectivity index (χ1) is 8.94. The maximum Gasteiger partial charge on any atom is 0.122 e. The minimum Gasteiger partial charge on any atom is -0.496 e. The predicted octanol–water partition coefficient (Wildman–Crippen LogP) is 2.95. The van der Waals surface area contributed by atoms with Crippen LogP contribution in [0.15, 0.2) is 18.2 Å². The quantitative estimate of drug-likeness (QED) is 0.822. The Bertz CT molecular complexity index is 402. The van der Waals surface area contributed by atoms with E-state index in [-0.39, 0.29) is 11.6 Å². The Morgan fingerprint density at radius 2 is 2.00 bits per heavy atom. The van der Waals surface area contributed by atoms with Crippen molar-refractivity contribution in [1.82, 2.24) is 5.32 Å². The molecule has 1 aromatic rings. The molecule has 0 fully saturated rings. The second kappa shape index (κ2) is 6.92. The summed E-state index contributed by atoms with van der Waals surface area (Å²) in [5.74, 6) is 0.943. The van der Waals surface area contributed by atoms with Crippen LogP contribution >= 0.6 is 0 Å². The van der Waals surface area contributed by atoms with Crippen molar-refractivity contribution in [2.45, 2.75) is 45.8 Å². The molecule has 0 aromatic heterocycles. The summed E-state index contributed by atoms with van der Waals surface area (Å²) in [4.78, 5) is 0. The average molecular weight is 265 g/mol. The minimum atomic E-state index is -0.210. The molecule has 1 rings (SSSR count). The number of methoxy groups -OCH3 is 1. The van der Waals surface area contributed by atoms with Crippen molar-refractivity contribution < 1.29 is 9.47 Å². The topological polar surface area (TPSA) is 30.5 Å². The molecule has 0 saturated carbocycles. The normalized spacial score (nSPS) is 13.4. The van der Waals surface area contributed by atoms with Gasteiger partial charge < -0.3 is 14.8 Å². The van der Waals surface area contributed by atoms with E-state index >= 15 is 0 Å². The molecular weight excluding hydrogens is 238 g/mol. The molecule has 1 aromatic carbocycles. The van der Waals surface area contributed by atoms with Gasteiger partial charge in [0.05, 0.1) is 12.7 Å². The molecule has 0 aliphatic carbocycles. The van der Waals surface area contributed by atoms with E-state index in [1.807, 2.05) is 20.0 Å². The van der Waals surface area contributed by atoms with Gasteiger partial charge >= 0.3 is 0 Å². The number of ether oxygens (including phenoxy) is 2. The van der Waals surface area contributed by atoms with Gasteiger partial charge in [-0.05, 0) is 52.8 Å². The van der Waals surface area contributed by atoms with Crippen molar-refractivity contribution in [1.29, 1.82) is 0 Å². The van der Waals surface area contributed by atoms with E-state index in [4.69, 9.17) is 9.47 Å². The standard InChI is InChI=1S/C16H27NO2/c1-7-19-16(3,4)15(17-5)11-13-10-12(2)8-9-14(13)18-6/h8-10,15,17H,7,11H2,1-6H3. The predicted molar refractivity (Wildman–Crippen MR) is 80.0 cm³/mol. The van der Waals surface area contributed by atoms with Crippen LogP contribution in [0.25, 0.3) is 0 Å². The highest BCUT2D eigenvalue weighted by Gasteiger charge is 2.29. The molecule has 3 nitrogen and oxygen atoms in total. The summed E-state index contributed by atoms with van der Waals surface area (Å²) in [5, 5.41) is 3.37. The summed E-state index contributed by atoms with van der Waals surface area (Å²) in [6, 6.07) is 6.53. The Balaban J connectivity index is 2.95.